The molecular weight excluding hydrogens is 327 g/mol. The van der Waals surface area contributed by atoms with E-state index >= 15 is 0 Å². The van der Waals surface area contributed by atoms with E-state index in [1.165, 1.54) is 30.5 Å². The van der Waals surface area contributed by atoms with Crippen LogP contribution in [0, 0.1) is 12.7 Å². The molecule has 0 bridgehead atoms. The standard InChI is InChI=1S/C16H13FN6O2/c1-9-6-12(8-19-7-9)20-21-14-13(10-2-4-11(17)5-3-10)22-23(15(14)24)16(18)25/h2-8,22H,1H3,(H2,18,25). The Labute approximate surface area is 140 Å². The minimum absolute atomic E-state index is 0.119. The Kier molecular flexibility index (Phi) is 4.21. The first kappa shape index (κ1) is 16.2. The van der Waals surface area contributed by atoms with Gasteiger partial charge in [0, 0.05) is 11.8 Å². The van der Waals surface area contributed by atoms with Crippen molar-refractivity contribution in [2.75, 3.05) is 0 Å². The average Bonchev–Trinajstić information content (AvgIpc) is 2.91. The molecule has 3 N–H and O–H groups in total. The number of nitrogens with one attached hydrogen (secondary N) is 1. The van der Waals surface area contributed by atoms with Gasteiger partial charge in [0.15, 0.2) is 5.69 Å². The predicted octanol–water partition coefficient (Wildman–Crippen LogP) is 3.03. The van der Waals surface area contributed by atoms with Gasteiger partial charge in [-0.05, 0) is 42.8 Å². The number of aromatic amines is 1. The van der Waals surface area contributed by atoms with Crippen molar-refractivity contribution in [1.29, 1.82) is 0 Å². The van der Waals surface area contributed by atoms with Crippen LogP contribution in [0.25, 0.3) is 11.3 Å². The maximum atomic E-state index is 13.1. The van der Waals surface area contributed by atoms with Gasteiger partial charge in [-0.25, -0.2) is 9.18 Å². The molecule has 0 radical (unpaired) electrons. The summed E-state index contributed by atoms with van der Waals surface area (Å²) < 4.78 is 13.7. The number of aromatic nitrogens is 3. The lowest BCUT2D eigenvalue weighted by Crippen LogP contribution is -2.29. The van der Waals surface area contributed by atoms with Crippen molar-refractivity contribution in [3.05, 3.63) is 64.5 Å². The summed E-state index contributed by atoms with van der Waals surface area (Å²) in [6, 6.07) is 6.07. The third-order valence-corrected chi connectivity index (χ3v) is 3.35. The molecule has 0 saturated carbocycles. The second-order valence-corrected chi connectivity index (χ2v) is 5.24. The number of nitrogens with zero attached hydrogens (tertiary/aromatic N) is 4. The molecule has 0 fully saturated rings. The molecule has 0 aliphatic carbocycles. The predicted molar refractivity (Wildman–Crippen MR) is 88.6 cm³/mol. The summed E-state index contributed by atoms with van der Waals surface area (Å²) in [4.78, 5) is 27.7. The molecule has 9 heteroatoms. The number of carbonyl (C=O) groups is 1. The number of hydrogen-bond donors (Lipinski definition) is 2. The molecule has 1 amide bonds. The second kappa shape index (κ2) is 6.48. The highest BCUT2D eigenvalue weighted by Crippen LogP contribution is 2.27. The molecule has 0 atom stereocenters. The Balaban J connectivity index is 2.12. The van der Waals surface area contributed by atoms with Crippen molar-refractivity contribution in [2.45, 2.75) is 6.92 Å². The summed E-state index contributed by atoms with van der Waals surface area (Å²) in [7, 11) is 0. The molecule has 0 spiro atoms. The highest BCUT2D eigenvalue weighted by atomic mass is 19.1. The Morgan fingerprint density at radius 2 is 1.96 bits per heavy atom. The van der Waals surface area contributed by atoms with E-state index in [1.807, 2.05) is 6.92 Å². The van der Waals surface area contributed by atoms with Gasteiger partial charge >= 0.3 is 11.6 Å². The van der Waals surface area contributed by atoms with E-state index in [0.717, 1.165) is 5.56 Å². The molecule has 0 aliphatic heterocycles. The van der Waals surface area contributed by atoms with Crippen LogP contribution in [-0.4, -0.2) is 20.8 Å². The number of nitrogens with two attached hydrogens (primary N) is 1. The Morgan fingerprint density at radius 1 is 1.24 bits per heavy atom. The fourth-order valence-corrected chi connectivity index (χ4v) is 2.20. The quantitative estimate of drug-likeness (QED) is 0.713. The molecule has 3 aromatic rings. The molecule has 1 aromatic carbocycles. The molecule has 0 saturated heterocycles. The van der Waals surface area contributed by atoms with Gasteiger partial charge in [0.1, 0.15) is 11.5 Å². The molecule has 0 aliphatic rings. The zero-order valence-corrected chi connectivity index (χ0v) is 13.1. The number of benzene rings is 1. The number of amides is 1. The maximum Gasteiger partial charge on any atom is 0.341 e. The van der Waals surface area contributed by atoms with Gasteiger partial charge in [-0.3, -0.25) is 14.9 Å². The van der Waals surface area contributed by atoms with Crippen molar-refractivity contribution < 1.29 is 9.18 Å². The average molecular weight is 340 g/mol. The lowest BCUT2D eigenvalue weighted by Gasteiger charge is -1.99. The third kappa shape index (κ3) is 3.34. The van der Waals surface area contributed by atoms with Crippen LogP contribution >= 0.6 is 0 Å². The van der Waals surface area contributed by atoms with Crippen LogP contribution in [0.3, 0.4) is 0 Å². The lowest BCUT2D eigenvalue weighted by molar-refractivity contribution is 0.247. The number of carbonyl (C=O) groups excluding carboxylic acids is 1. The van der Waals surface area contributed by atoms with Gasteiger partial charge in [-0.15, -0.1) is 10.2 Å². The molecule has 2 heterocycles. The van der Waals surface area contributed by atoms with Crippen molar-refractivity contribution in [1.82, 2.24) is 14.8 Å². The summed E-state index contributed by atoms with van der Waals surface area (Å²) in [6.45, 7) is 1.84. The van der Waals surface area contributed by atoms with E-state index in [4.69, 9.17) is 5.73 Å². The number of azo groups is 1. The minimum atomic E-state index is -0.993. The number of H-pyrrole nitrogens is 1. The van der Waals surface area contributed by atoms with Crippen LogP contribution in [0.15, 0.2) is 57.7 Å². The van der Waals surface area contributed by atoms with E-state index in [-0.39, 0.29) is 11.4 Å². The molecule has 2 aromatic heterocycles. The van der Waals surface area contributed by atoms with Crippen molar-refractivity contribution in [3.63, 3.8) is 0 Å². The number of pyridine rings is 1. The van der Waals surface area contributed by atoms with E-state index in [0.29, 0.717) is 15.9 Å². The minimum Gasteiger partial charge on any atom is -0.350 e. The number of primary amides is 1. The normalized spacial score (nSPS) is 11.1. The molecule has 0 unspecified atom stereocenters. The van der Waals surface area contributed by atoms with Crippen molar-refractivity contribution in [3.8, 4) is 11.3 Å². The van der Waals surface area contributed by atoms with Gasteiger partial charge in [-0.1, -0.05) is 0 Å². The fraction of sp³-hybridized carbons (Fsp3) is 0.0625. The first-order valence-corrected chi connectivity index (χ1v) is 7.20. The van der Waals surface area contributed by atoms with Gasteiger partial charge < -0.3 is 5.73 Å². The smallest absolute Gasteiger partial charge is 0.341 e. The first-order valence-electron chi connectivity index (χ1n) is 7.20. The zero-order chi connectivity index (χ0) is 18.0. The zero-order valence-electron chi connectivity index (χ0n) is 13.1. The van der Waals surface area contributed by atoms with Gasteiger partial charge in [-0.2, -0.15) is 4.68 Å². The van der Waals surface area contributed by atoms with Gasteiger partial charge in [0.05, 0.1) is 11.9 Å². The Bertz CT molecular complexity index is 1020. The third-order valence-electron chi connectivity index (χ3n) is 3.35. The lowest BCUT2D eigenvalue weighted by atomic mass is 10.1. The van der Waals surface area contributed by atoms with E-state index < -0.39 is 17.4 Å². The first-order chi connectivity index (χ1) is 12.0. The summed E-state index contributed by atoms with van der Waals surface area (Å²) >= 11 is 0. The molecule has 25 heavy (non-hydrogen) atoms. The molecule has 126 valence electrons. The van der Waals surface area contributed by atoms with Crippen molar-refractivity contribution in [2.24, 2.45) is 16.0 Å². The number of halogens is 1. The van der Waals surface area contributed by atoms with Crippen LogP contribution in [0.1, 0.15) is 5.56 Å². The topological polar surface area (TPSA) is 118 Å². The van der Waals surface area contributed by atoms with Crippen LogP contribution in [-0.2, 0) is 0 Å². The van der Waals surface area contributed by atoms with Crippen LogP contribution < -0.4 is 11.3 Å². The molecule has 8 nitrogen and oxygen atoms in total. The summed E-state index contributed by atoms with van der Waals surface area (Å²) in [5.74, 6) is -0.436. The van der Waals surface area contributed by atoms with E-state index in [2.05, 4.69) is 20.3 Å². The molecule has 3 rings (SSSR count). The van der Waals surface area contributed by atoms with Gasteiger partial charge in [0.25, 0.3) is 0 Å². The highest BCUT2D eigenvalue weighted by molar-refractivity contribution is 5.79. The number of aryl methyl sites for hydroxylation is 1. The SMILES string of the molecule is Cc1cncc(N=Nc2c(-c3ccc(F)cc3)[nH]n(C(N)=O)c2=O)c1. The van der Waals surface area contributed by atoms with Crippen LogP contribution in [0.5, 0.6) is 0 Å². The number of hydrogen-bond acceptors (Lipinski definition) is 5. The maximum absolute atomic E-state index is 13.1. The van der Waals surface area contributed by atoms with Crippen LogP contribution in [0.2, 0.25) is 0 Å². The number of rotatable bonds is 3. The Morgan fingerprint density at radius 3 is 2.60 bits per heavy atom. The second-order valence-electron chi connectivity index (χ2n) is 5.24. The van der Waals surface area contributed by atoms with E-state index in [9.17, 15) is 14.0 Å². The van der Waals surface area contributed by atoms with Crippen molar-refractivity contribution >= 4 is 17.4 Å². The summed E-state index contributed by atoms with van der Waals surface area (Å²) in [5, 5.41) is 10.5. The highest BCUT2D eigenvalue weighted by Gasteiger charge is 2.18. The molecular formula is C16H13FN6O2. The largest absolute Gasteiger partial charge is 0.350 e. The Hall–Kier alpha value is -3.62. The van der Waals surface area contributed by atoms with Crippen LogP contribution in [0.4, 0.5) is 20.6 Å². The van der Waals surface area contributed by atoms with Gasteiger partial charge in [0.2, 0.25) is 0 Å². The fourth-order valence-electron chi connectivity index (χ4n) is 2.20. The summed E-state index contributed by atoms with van der Waals surface area (Å²) in [6.07, 6.45) is 3.13. The summed E-state index contributed by atoms with van der Waals surface area (Å²) in [5.41, 5.74) is 6.27. The van der Waals surface area contributed by atoms with E-state index in [1.54, 1.807) is 12.3 Å². The monoisotopic (exact) mass is 340 g/mol.